The molecule has 2 aromatic rings. The minimum Gasteiger partial charge on any atom is -0.375 e. The maximum absolute atomic E-state index is 11.6. The van der Waals surface area contributed by atoms with Crippen molar-refractivity contribution in [2.24, 2.45) is 10.7 Å². The van der Waals surface area contributed by atoms with Gasteiger partial charge in [-0.3, -0.25) is 4.72 Å². The van der Waals surface area contributed by atoms with Gasteiger partial charge in [0.1, 0.15) is 0 Å². The molecule has 7 heteroatoms. The number of benzene rings is 2. The maximum atomic E-state index is 11.6. The molecule has 3 N–H and O–H groups in total. The number of carbonyl (C=O) groups excluding carboxylic acids is 1. The zero-order chi connectivity index (χ0) is 15.9. The molecule has 0 aromatic heterocycles. The predicted molar refractivity (Wildman–Crippen MR) is 89.4 cm³/mol. The van der Waals surface area contributed by atoms with Crippen LogP contribution in [0.25, 0.3) is 0 Å². The fraction of sp³-hybridized carbons (Fsp3) is 0.0667. The zero-order valence-corrected chi connectivity index (χ0v) is 13.3. The van der Waals surface area contributed by atoms with Gasteiger partial charge in [-0.2, -0.15) is 4.99 Å². The first-order valence-corrected chi connectivity index (χ1v) is 7.53. The van der Waals surface area contributed by atoms with Gasteiger partial charge in [0.25, 0.3) is 6.02 Å². The minimum atomic E-state index is -0.694. The summed E-state index contributed by atoms with van der Waals surface area (Å²) in [4.78, 5) is 16.4. The van der Waals surface area contributed by atoms with Gasteiger partial charge in [-0.05, 0) is 55.3 Å². The van der Waals surface area contributed by atoms with Gasteiger partial charge in [0.15, 0.2) is 0 Å². The molecular formula is C15H14ClN3O2S. The first-order chi connectivity index (χ1) is 10.5. The number of hydrogen-bond donors (Lipinski definition) is 2. The Hall–Kier alpha value is -2.18. The lowest BCUT2D eigenvalue weighted by Gasteiger charge is -2.05. The summed E-state index contributed by atoms with van der Waals surface area (Å²) in [5, 5.41) is 0.589. The molecular weight excluding hydrogens is 322 g/mol. The van der Waals surface area contributed by atoms with Crippen molar-refractivity contribution in [2.45, 2.75) is 11.8 Å². The van der Waals surface area contributed by atoms with E-state index in [1.807, 2.05) is 31.2 Å². The molecule has 0 radical (unpaired) electrons. The van der Waals surface area contributed by atoms with E-state index in [2.05, 4.69) is 9.71 Å². The van der Waals surface area contributed by atoms with E-state index in [0.717, 1.165) is 22.4 Å². The number of nitrogens with two attached hydrogens (primary N) is 1. The number of nitrogens with one attached hydrogen (secondary N) is 1. The Kier molecular flexibility index (Phi) is 5.68. The highest BCUT2D eigenvalue weighted by Crippen LogP contribution is 2.17. The second-order valence-electron chi connectivity index (χ2n) is 4.33. The van der Waals surface area contributed by atoms with Crippen molar-refractivity contribution in [3.05, 3.63) is 59.1 Å². The SMILES string of the molecule is Cc1ccc(SNC(=O)OC(N)=Nc2ccc(Cl)cc2)cc1. The average Bonchev–Trinajstić information content (AvgIpc) is 2.49. The molecule has 0 fully saturated rings. The van der Waals surface area contributed by atoms with Crippen molar-refractivity contribution in [1.29, 1.82) is 0 Å². The summed E-state index contributed by atoms with van der Waals surface area (Å²) in [5.74, 6) is 0. The summed E-state index contributed by atoms with van der Waals surface area (Å²) >= 11 is 6.90. The van der Waals surface area contributed by atoms with Gasteiger partial charge in [-0.25, -0.2) is 4.79 Å². The Morgan fingerprint density at radius 3 is 2.45 bits per heavy atom. The number of amides is 1. The van der Waals surface area contributed by atoms with Gasteiger partial charge in [-0.1, -0.05) is 29.3 Å². The number of ether oxygens (including phenoxy) is 1. The molecule has 114 valence electrons. The van der Waals surface area contributed by atoms with E-state index >= 15 is 0 Å². The summed E-state index contributed by atoms with van der Waals surface area (Å²) in [6.45, 7) is 1.99. The topological polar surface area (TPSA) is 76.7 Å². The smallest absolute Gasteiger partial charge is 0.375 e. The summed E-state index contributed by atoms with van der Waals surface area (Å²) in [5.41, 5.74) is 7.25. The Morgan fingerprint density at radius 1 is 1.18 bits per heavy atom. The zero-order valence-electron chi connectivity index (χ0n) is 11.7. The molecule has 0 unspecified atom stereocenters. The van der Waals surface area contributed by atoms with Gasteiger partial charge >= 0.3 is 6.09 Å². The Labute approximate surface area is 137 Å². The van der Waals surface area contributed by atoms with Crippen molar-refractivity contribution in [1.82, 2.24) is 4.72 Å². The molecule has 1 amide bonds. The standard InChI is InChI=1S/C15H14ClN3O2S/c1-10-2-8-13(9-3-10)22-19-15(20)21-14(17)18-12-6-4-11(16)5-7-12/h2-9H,1H3,(H2,17,18)(H,19,20). The van der Waals surface area contributed by atoms with Crippen molar-refractivity contribution in [2.75, 3.05) is 0 Å². The fourth-order valence-electron chi connectivity index (χ4n) is 1.49. The van der Waals surface area contributed by atoms with Crippen LogP contribution in [0.3, 0.4) is 0 Å². The highest BCUT2D eigenvalue weighted by Gasteiger charge is 2.06. The lowest BCUT2D eigenvalue weighted by atomic mass is 10.2. The third-order valence-corrected chi connectivity index (χ3v) is 3.56. The summed E-state index contributed by atoms with van der Waals surface area (Å²) in [6, 6.07) is 14.1. The Balaban J connectivity index is 1.85. The second kappa shape index (κ2) is 7.72. The molecule has 2 rings (SSSR count). The molecule has 5 nitrogen and oxygen atoms in total. The first-order valence-electron chi connectivity index (χ1n) is 6.34. The number of nitrogens with zero attached hydrogens (tertiary/aromatic N) is 1. The summed E-state index contributed by atoms with van der Waals surface area (Å²) in [7, 11) is 0. The molecule has 0 saturated heterocycles. The molecule has 22 heavy (non-hydrogen) atoms. The van der Waals surface area contributed by atoms with Crippen LogP contribution >= 0.6 is 23.5 Å². The molecule has 2 aromatic carbocycles. The number of hydrogen-bond acceptors (Lipinski definition) is 4. The van der Waals surface area contributed by atoms with Crippen molar-refractivity contribution in [3.8, 4) is 0 Å². The first kappa shape index (κ1) is 16.2. The third kappa shape index (κ3) is 5.31. The Bertz CT molecular complexity index is 672. The van der Waals surface area contributed by atoms with Gasteiger partial charge in [0.2, 0.25) is 0 Å². The van der Waals surface area contributed by atoms with Gasteiger partial charge in [-0.15, -0.1) is 0 Å². The van der Waals surface area contributed by atoms with Gasteiger partial charge < -0.3 is 10.5 Å². The van der Waals surface area contributed by atoms with E-state index in [-0.39, 0.29) is 6.02 Å². The highest BCUT2D eigenvalue weighted by atomic mass is 35.5. The molecule has 0 aliphatic heterocycles. The molecule has 0 bridgehead atoms. The van der Waals surface area contributed by atoms with Crippen molar-refractivity contribution >= 4 is 41.4 Å². The van der Waals surface area contributed by atoms with E-state index in [0.29, 0.717) is 10.7 Å². The molecule has 0 atom stereocenters. The quantitative estimate of drug-likeness (QED) is 0.504. The van der Waals surface area contributed by atoms with Crippen molar-refractivity contribution < 1.29 is 9.53 Å². The largest absolute Gasteiger partial charge is 0.425 e. The molecule has 0 saturated carbocycles. The Morgan fingerprint density at radius 2 is 1.82 bits per heavy atom. The lowest BCUT2D eigenvalue weighted by molar-refractivity contribution is 0.204. The molecule has 0 aliphatic carbocycles. The number of aryl methyl sites for hydroxylation is 1. The van der Waals surface area contributed by atoms with Gasteiger partial charge in [0, 0.05) is 9.92 Å². The van der Waals surface area contributed by atoms with Crippen LogP contribution in [0.4, 0.5) is 10.5 Å². The normalized spacial score (nSPS) is 11.1. The number of carbonyl (C=O) groups is 1. The van der Waals surface area contributed by atoms with Crippen LogP contribution < -0.4 is 10.5 Å². The van der Waals surface area contributed by atoms with Gasteiger partial charge in [0.05, 0.1) is 5.69 Å². The summed E-state index contributed by atoms with van der Waals surface area (Å²) in [6.07, 6.45) is -0.694. The van der Waals surface area contributed by atoms with Crippen LogP contribution in [0.1, 0.15) is 5.56 Å². The van der Waals surface area contributed by atoms with E-state index in [9.17, 15) is 4.79 Å². The van der Waals surface area contributed by atoms with E-state index < -0.39 is 6.09 Å². The highest BCUT2D eigenvalue weighted by molar-refractivity contribution is 7.98. The third-order valence-electron chi connectivity index (χ3n) is 2.54. The summed E-state index contributed by atoms with van der Waals surface area (Å²) < 4.78 is 7.37. The number of amidine groups is 1. The van der Waals surface area contributed by atoms with Crippen LogP contribution in [0.5, 0.6) is 0 Å². The number of rotatable bonds is 3. The fourth-order valence-corrected chi connectivity index (χ4v) is 2.13. The molecule has 0 heterocycles. The minimum absolute atomic E-state index is 0.246. The monoisotopic (exact) mass is 335 g/mol. The molecule has 0 aliphatic rings. The lowest BCUT2D eigenvalue weighted by Crippen LogP contribution is -2.26. The second-order valence-corrected chi connectivity index (χ2v) is 5.65. The van der Waals surface area contributed by atoms with E-state index in [1.165, 1.54) is 0 Å². The van der Waals surface area contributed by atoms with Crippen molar-refractivity contribution in [3.63, 3.8) is 0 Å². The average molecular weight is 336 g/mol. The molecule has 0 spiro atoms. The predicted octanol–water partition coefficient (Wildman–Crippen LogP) is 4.03. The number of aliphatic imine (C=N–C) groups is 1. The van der Waals surface area contributed by atoms with Crippen LogP contribution in [0, 0.1) is 6.92 Å². The maximum Gasteiger partial charge on any atom is 0.425 e. The van der Waals surface area contributed by atoms with E-state index in [1.54, 1.807) is 24.3 Å². The van der Waals surface area contributed by atoms with Crippen LogP contribution in [0.2, 0.25) is 5.02 Å². The number of halogens is 1. The van der Waals surface area contributed by atoms with E-state index in [4.69, 9.17) is 22.1 Å². The van der Waals surface area contributed by atoms with Crippen LogP contribution in [-0.4, -0.2) is 12.1 Å². The van der Waals surface area contributed by atoms with Crippen LogP contribution in [0.15, 0.2) is 58.4 Å². The van der Waals surface area contributed by atoms with Crippen LogP contribution in [-0.2, 0) is 4.74 Å².